The van der Waals surface area contributed by atoms with Crippen molar-refractivity contribution in [1.29, 1.82) is 0 Å². The van der Waals surface area contributed by atoms with Crippen LogP contribution in [0, 0.1) is 11.8 Å². The molecular formula is C21H29ClN2O4. The quantitative estimate of drug-likeness (QED) is 0.758. The van der Waals surface area contributed by atoms with Gasteiger partial charge in [-0.05, 0) is 45.0 Å². The molecule has 3 heterocycles. The Hall–Kier alpha value is -1.63. The van der Waals surface area contributed by atoms with Crippen LogP contribution in [-0.2, 0) is 20.7 Å². The average Bonchev–Trinajstić information content (AvgIpc) is 3.31. The first-order chi connectivity index (χ1) is 13.4. The van der Waals surface area contributed by atoms with E-state index < -0.39 is 0 Å². The van der Waals surface area contributed by atoms with Gasteiger partial charge < -0.3 is 19.6 Å². The molecule has 154 valence electrons. The lowest BCUT2D eigenvalue weighted by atomic mass is 9.73. The van der Waals surface area contributed by atoms with Crippen LogP contribution in [0.25, 0.3) is 0 Å². The fourth-order valence-electron chi connectivity index (χ4n) is 5.15. The molecule has 7 heteroatoms. The molecule has 4 rings (SSSR count). The summed E-state index contributed by atoms with van der Waals surface area (Å²) in [7, 11) is 4.25. The van der Waals surface area contributed by atoms with Gasteiger partial charge in [0.2, 0.25) is 5.91 Å². The number of ether oxygens (including phenoxy) is 1. The molecule has 3 aliphatic heterocycles. The van der Waals surface area contributed by atoms with Gasteiger partial charge in [0.05, 0.1) is 18.2 Å². The van der Waals surface area contributed by atoms with E-state index in [0.29, 0.717) is 30.8 Å². The highest BCUT2D eigenvalue weighted by atomic mass is 35.5. The number of carboxylic acid groups (broad SMARTS) is 1. The minimum Gasteiger partial charge on any atom is -0.483 e. The Morgan fingerprint density at radius 3 is 2.82 bits per heavy atom. The Labute approximate surface area is 171 Å². The molecule has 1 amide bonds. The topological polar surface area (TPSA) is 70.1 Å². The van der Waals surface area contributed by atoms with Gasteiger partial charge >= 0.3 is 0 Å². The molecule has 3 aliphatic rings. The highest BCUT2D eigenvalue weighted by Crippen LogP contribution is 2.55. The van der Waals surface area contributed by atoms with Crippen molar-refractivity contribution < 1.29 is 19.4 Å². The molecule has 3 saturated heterocycles. The number of fused-ring (bicyclic) bond motifs is 1. The van der Waals surface area contributed by atoms with E-state index in [-0.39, 0.29) is 18.0 Å². The lowest BCUT2D eigenvalue weighted by molar-refractivity contribution is -0.131. The van der Waals surface area contributed by atoms with Crippen LogP contribution in [0.4, 0.5) is 0 Å². The molecule has 1 aromatic rings. The van der Waals surface area contributed by atoms with Crippen molar-refractivity contribution in [2.45, 2.75) is 37.4 Å². The van der Waals surface area contributed by atoms with Crippen LogP contribution in [-0.4, -0.2) is 72.7 Å². The highest BCUT2D eigenvalue weighted by Gasteiger charge is 2.63. The predicted molar refractivity (Wildman–Crippen MR) is 107 cm³/mol. The summed E-state index contributed by atoms with van der Waals surface area (Å²) < 4.78 is 6.42. The number of amides is 1. The van der Waals surface area contributed by atoms with Crippen LogP contribution >= 0.6 is 11.6 Å². The smallest absolute Gasteiger partial charge is 0.290 e. The molecule has 0 saturated carbocycles. The number of likely N-dealkylation sites (tertiary alicyclic amines) is 1. The predicted octanol–water partition coefficient (Wildman–Crippen LogP) is 2.54. The van der Waals surface area contributed by atoms with Crippen LogP contribution in [0.1, 0.15) is 24.8 Å². The van der Waals surface area contributed by atoms with E-state index in [0.717, 1.165) is 43.1 Å². The van der Waals surface area contributed by atoms with E-state index in [1.807, 2.05) is 29.2 Å². The first kappa shape index (κ1) is 21.1. The number of hydrogen-bond donors (Lipinski definition) is 1. The summed E-state index contributed by atoms with van der Waals surface area (Å²) in [5.41, 5.74) is 0.989. The third kappa shape index (κ3) is 4.19. The lowest BCUT2D eigenvalue weighted by Crippen LogP contribution is -2.40. The Kier molecular flexibility index (Phi) is 6.63. The summed E-state index contributed by atoms with van der Waals surface area (Å²) in [4.78, 5) is 25.4. The lowest BCUT2D eigenvalue weighted by Gasteiger charge is -2.30. The van der Waals surface area contributed by atoms with Gasteiger partial charge in [0.15, 0.2) is 0 Å². The fraction of sp³-hybridized carbons (Fsp3) is 0.619. The zero-order valence-corrected chi connectivity index (χ0v) is 17.3. The second-order valence-corrected chi connectivity index (χ2v) is 8.67. The Morgan fingerprint density at radius 2 is 2.14 bits per heavy atom. The van der Waals surface area contributed by atoms with Crippen molar-refractivity contribution >= 4 is 24.0 Å². The first-order valence-corrected chi connectivity index (χ1v) is 10.2. The molecule has 28 heavy (non-hydrogen) atoms. The second kappa shape index (κ2) is 8.80. The van der Waals surface area contributed by atoms with Gasteiger partial charge in [0, 0.05) is 36.4 Å². The number of benzene rings is 1. The molecule has 0 aromatic heterocycles. The Morgan fingerprint density at radius 1 is 1.43 bits per heavy atom. The van der Waals surface area contributed by atoms with Crippen LogP contribution in [0.5, 0.6) is 0 Å². The SMILES string of the molecule is CN(C)C[C@H]1[C@H]2CN(C(=O)CCc3ccccc3Cl)C[C@]23CC[C@H]1O3.O=CO. The van der Waals surface area contributed by atoms with Crippen molar-refractivity contribution in [2.75, 3.05) is 33.7 Å². The molecule has 0 aliphatic carbocycles. The van der Waals surface area contributed by atoms with E-state index in [1.54, 1.807) is 0 Å². The standard InChI is InChI=1S/C20H27ClN2O2.CH2O2/c1-22(2)11-15-16-12-23(13-20(16)10-9-18(15)25-20)19(24)8-7-14-5-3-4-6-17(14)21;2-1-3/h3-6,15-16,18H,7-13H2,1-2H3;1H,(H,2,3)/t15-,16+,18+,20+;/m0./s1. The van der Waals surface area contributed by atoms with Crippen LogP contribution in [0.15, 0.2) is 24.3 Å². The normalized spacial score (nSPS) is 30.1. The summed E-state index contributed by atoms with van der Waals surface area (Å²) in [6.45, 7) is 2.44. The summed E-state index contributed by atoms with van der Waals surface area (Å²) in [5.74, 6) is 1.29. The number of rotatable bonds is 5. The van der Waals surface area contributed by atoms with Crippen molar-refractivity contribution in [3.63, 3.8) is 0 Å². The number of carbonyl (C=O) groups is 2. The van der Waals surface area contributed by atoms with E-state index in [1.165, 1.54) is 0 Å². The minimum atomic E-state index is -0.250. The van der Waals surface area contributed by atoms with Crippen molar-refractivity contribution in [1.82, 2.24) is 9.80 Å². The number of hydrogen-bond acceptors (Lipinski definition) is 4. The third-order valence-electron chi connectivity index (χ3n) is 6.28. The van der Waals surface area contributed by atoms with E-state index in [9.17, 15) is 4.79 Å². The van der Waals surface area contributed by atoms with Gasteiger partial charge in [-0.1, -0.05) is 29.8 Å². The number of carbonyl (C=O) groups excluding carboxylic acids is 1. The zero-order valence-electron chi connectivity index (χ0n) is 16.5. The number of halogens is 1. The maximum atomic E-state index is 12.8. The second-order valence-electron chi connectivity index (χ2n) is 8.26. The largest absolute Gasteiger partial charge is 0.483 e. The highest BCUT2D eigenvalue weighted by molar-refractivity contribution is 6.31. The van der Waals surface area contributed by atoms with Gasteiger partial charge in [-0.2, -0.15) is 0 Å². The first-order valence-electron chi connectivity index (χ1n) is 9.82. The molecule has 1 spiro atoms. The van der Waals surface area contributed by atoms with Crippen LogP contribution in [0.2, 0.25) is 5.02 Å². The third-order valence-corrected chi connectivity index (χ3v) is 6.65. The molecule has 1 N–H and O–H groups in total. The molecular weight excluding hydrogens is 380 g/mol. The summed E-state index contributed by atoms with van der Waals surface area (Å²) >= 11 is 6.21. The van der Waals surface area contributed by atoms with Gasteiger partial charge in [-0.25, -0.2) is 0 Å². The van der Waals surface area contributed by atoms with Crippen molar-refractivity contribution in [3.8, 4) is 0 Å². The van der Waals surface area contributed by atoms with Crippen molar-refractivity contribution in [3.05, 3.63) is 34.9 Å². The molecule has 2 bridgehead atoms. The van der Waals surface area contributed by atoms with E-state index in [2.05, 4.69) is 19.0 Å². The molecule has 0 radical (unpaired) electrons. The van der Waals surface area contributed by atoms with Crippen molar-refractivity contribution in [2.24, 2.45) is 11.8 Å². The zero-order chi connectivity index (χ0) is 20.3. The summed E-state index contributed by atoms with van der Waals surface area (Å²) in [6, 6.07) is 7.79. The van der Waals surface area contributed by atoms with Crippen LogP contribution < -0.4 is 0 Å². The molecule has 0 unspecified atom stereocenters. The Bertz CT molecular complexity index is 713. The van der Waals surface area contributed by atoms with Crippen LogP contribution in [0.3, 0.4) is 0 Å². The maximum absolute atomic E-state index is 12.8. The Balaban J connectivity index is 0.000000706. The van der Waals surface area contributed by atoms with Gasteiger partial charge in [0.1, 0.15) is 0 Å². The number of aryl methyl sites for hydroxylation is 1. The molecule has 6 nitrogen and oxygen atoms in total. The van der Waals surface area contributed by atoms with E-state index in [4.69, 9.17) is 26.2 Å². The monoisotopic (exact) mass is 408 g/mol. The summed E-state index contributed by atoms with van der Waals surface area (Å²) in [5, 5.41) is 7.64. The minimum absolute atomic E-state index is 0.0641. The maximum Gasteiger partial charge on any atom is 0.290 e. The number of nitrogens with zero attached hydrogens (tertiary/aromatic N) is 2. The fourth-order valence-corrected chi connectivity index (χ4v) is 5.38. The van der Waals surface area contributed by atoms with Gasteiger partial charge in [0.25, 0.3) is 6.47 Å². The summed E-state index contributed by atoms with van der Waals surface area (Å²) in [6.07, 6.45) is 3.88. The molecule has 1 aromatic carbocycles. The molecule has 4 atom stereocenters. The van der Waals surface area contributed by atoms with Gasteiger partial charge in [-0.3, -0.25) is 9.59 Å². The van der Waals surface area contributed by atoms with E-state index >= 15 is 0 Å². The molecule has 3 fully saturated rings. The van der Waals surface area contributed by atoms with Gasteiger partial charge in [-0.15, -0.1) is 0 Å². The average molecular weight is 409 g/mol.